The van der Waals surface area contributed by atoms with Crippen molar-refractivity contribution in [3.05, 3.63) is 36.0 Å². The van der Waals surface area contributed by atoms with Gasteiger partial charge in [-0.25, -0.2) is 4.79 Å². The Kier molecular flexibility index (Phi) is 12.2. The number of amides is 3. The van der Waals surface area contributed by atoms with E-state index in [1.807, 2.05) is 18.2 Å². The highest BCUT2D eigenvalue weighted by atomic mass is 32.1. The molecular weight excluding hydrogens is 544 g/mol. The van der Waals surface area contributed by atoms with Crippen molar-refractivity contribution >= 4 is 59.2 Å². The monoisotopic (exact) mass is 578 g/mol. The van der Waals surface area contributed by atoms with Gasteiger partial charge in [0.2, 0.25) is 17.7 Å². The molecule has 0 spiro atoms. The van der Waals surface area contributed by atoms with Gasteiger partial charge in [0.05, 0.1) is 12.5 Å². The minimum Gasteiger partial charge on any atom is -0.481 e. The molecule has 12 N–H and O–H groups in total. The molecular formula is C24H34N8O7S. The standard InChI is InChI=1S/C24H34N8O7S/c25-14(9-19(33)34)20(35)32-18(11-40)22(37)31-17(8-12-10-29-15-5-2-1-4-13(12)15)21(36)30-16(23(38)39)6-3-7-28-24(26)27/h1-2,4-5,10,14,16-18,29,40H,3,6-9,11,25H2,(H,30,36)(H,31,37)(H,32,35)(H,33,34)(H,38,39)(H4,26,27,28). The summed E-state index contributed by atoms with van der Waals surface area (Å²) in [7, 11) is 0. The lowest BCUT2D eigenvalue weighted by Crippen LogP contribution is -2.58. The summed E-state index contributed by atoms with van der Waals surface area (Å²) in [6.45, 7) is 0.158. The lowest BCUT2D eigenvalue weighted by atomic mass is 10.0. The van der Waals surface area contributed by atoms with E-state index in [1.165, 1.54) is 0 Å². The average Bonchev–Trinajstić information content (AvgIpc) is 3.30. The third kappa shape index (κ3) is 9.77. The number of para-hydroxylation sites is 1. The molecule has 0 radical (unpaired) electrons. The fourth-order valence-electron chi connectivity index (χ4n) is 3.79. The number of carbonyl (C=O) groups excluding carboxylic acids is 3. The molecule has 15 nitrogen and oxygen atoms in total. The van der Waals surface area contributed by atoms with Crippen molar-refractivity contribution in [3.8, 4) is 0 Å². The number of aromatic nitrogens is 1. The summed E-state index contributed by atoms with van der Waals surface area (Å²) >= 11 is 4.08. The highest BCUT2D eigenvalue weighted by Crippen LogP contribution is 2.19. The van der Waals surface area contributed by atoms with Crippen LogP contribution in [-0.2, 0) is 30.4 Å². The lowest BCUT2D eigenvalue weighted by molar-refractivity contribution is -0.142. The van der Waals surface area contributed by atoms with Gasteiger partial charge in [0.15, 0.2) is 5.96 Å². The van der Waals surface area contributed by atoms with Crippen LogP contribution in [0.5, 0.6) is 0 Å². The number of carboxylic acid groups (broad SMARTS) is 2. The SMILES string of the molecule is NC(N)=NCCCC(NC(=O)C(Cc1c[nH]c2ccccc12)NC(=O)C(CS)NC(=O)C(N)CC(=O)O)C(=O)O. The highest BCUT2D eigenvalue weighted by molar-refractivity contribution is 7.80. The third-order valence-corrected chi connectivity index (χ3v) is 6.20. The maximum atomic E-state index is 13.3. The van der Waals surface area contributed by atoms with E-state index in [2.05, 4.69) is 38.6 Å². The van der Waals surface area contributed by atoms with Crippen LogP contribution in [0, 0.1) is 0 Å². The van der Waals surface area contributed by atoms with Crippen molar-refractivity contribution in [1.82, 2.24) is 20.9 Å². The summed E-state index contributed by atoms with van der Waals surface area (Å²) in [5, 5.41) is 26.6. The normalized spacial score (nSPS) is 13.8. The molecule has 40 heavy (non-hydrogen) atoms. The average molecular weight is 579 g/mol. The van der Waals surface area contributed by atoms with E-state index < -0.39 is 60.2 Å². The fraction of sp³-hybridized carbons (Fsp3) is 0.417. The molecule has 2 aromatic rings. The fourth-order valence-corrected chi connectivity index (χ4v) is 4.05. The smallest absolute Gasteiger partial charge is 0.326 e. The molecule has 1 heterocycles. The summed E-state index contributed by atoms with van der Waals surface area (Å²) in [6, 6.07) is 2.06. The van der Waals surface area contributed by atoms with E-state index in [0.717, 1.165) is 10.9 Å². The number of carboxylic acids is 2. The number of rotatable bonds is 16. The molecule has 4 unspecified atom stereocenters. The van der Waals surface area contributed by atoms with Gasteiger partial charge in [-0.1, -0.05) is 18.2 Å². The molecule has 0 aliphatic carbocycles. The van der Waals surface area contributed by atoms with Crippen molar-refractivity contribution in [1.29, 1.82) is 0 Å². The largest absolute Gasteiger partial charge is 0.481 e. The van der Waals surface area contributed by atoms with Crippen molar-refractivity contribution < 1.29 is 34.2 Å². The number of nitrogens with two attached hydrogens (primary N) is 3. The first-order valence-corrected chi connectivity index (χ1v) is 12.9. The van der Waals surface area contributed by atoms with Crippen molar-refractivity contribution in [3.63, 3.8) is 0 Å². The predicted octanol–water partition coefficient (Wildman–Crippen LogP) is -1.97. The quantitative estimate of drug-likeness (QED) is 0.0454. The topological polar surface area (TPSA) is 268 Å². The van der Waals surface area contributed by atoms with Crippen molar-refractivity contribution in [2.75, 3.05) is 12.3 Å². The predicted molar refractivity (Wildman–Crippen MR) is 149 cm³/mol. The number of aliphatic imine (C=N–C) groups is 1. The number of nitrogens with zero attached hydrogens (tertiary/aromatic N) is 1. The minimum absolute atomic E-state index is 0.0163. The molecule has 0 bridgehead atoms. The second kappa shape index (κ2) is 15.3. The van der Waals surface area contributed by atoms with Gasteiger partial charge in [-0.15, -0.1) is 0 Å². The molecule has 1 aromatic heterocycles. The number of hydrogen-bond acceptors (Lipinski definition) is 8. The van der Waals surface area contributed by atoms with Crippen LogP contribution in [0.1, 0.15) is 24.8 Å². The van der Waals surface area contributed by atoms with Crippen LogP contribution >= 0.6 is 12.6 Å². The Morgan fingerprint density at radius 1 is 0.950 bits per heavy atom. The summed E-state index contributed by atoms with van der Waals surface area (Å²) < 4.78 is 0. The van der Waals surface area contributed by atoms with Crippen LogP contribution in [0.2, 0.25) is 0 Å². The second-order valence-electron chi connectivity index (χ2n) is 8.92. The third-order valence-electron chi connectivity index (χ3n) is 5.84. The van der Waals surface area contributed by atoms with Crippen LogP contribution in [0.4, 0.5) is 0 Å². The molecule has 4 atom stereocenters. The van der Waals surface area contributed by atoms with Crippen molar-refractivity contribution in [2.45, 2.75) is 49.9 Å². The van der Waals surface area contributed by atoms with Gasteiger partial charge < -0.3 is 48.3 Å². The van der Waals surface area contributed by atoms with Gasteiger partial charge in [0, 0.05) is 35.8 Å². The molecule has 0 saturated heterocycles. The van der Waals surface area contributed by atoms with Gasteiger partial charge in [0.25, 0.3) is 0 Å². The van der Waals surface area contributed by atoms with Crippen LogP contribution < -0.4 is 33.2 Å². The molecule has 218 valence electrons. The first-order chi connectivity index (χ1) is 18.9. The second-order valence-corrected chi connectivity index (χ2v) is 9.29. The van der Waals surface area contributed by atoms with Gasteiger partial charge in [-0.2, -0.15) is 12.6 Å². The number of aromatic amines is 1. The van der Waals surface area contributed by atoms with E-state index >= 15 is 0 Å². The van der Waals surface area contributed by atoms with Crippen LogP contribution in [0.15, 0.2) is 35.5 Å². The van der Waals surface area contributed by atoms with Gasteiger partial charge in [-0.3, -0.25) is 24.2 Å². The molecule has 0 saturated carbocycles. The van der Waals surface area contributed by atoms with Gasteiger partial charge in [0.1, 0.15) is 18.1 Å². The zero-order valence-electron chi connectivity index (χ0n) is 21.5. The van der Waals surface area contributed by atoms with E-state index in [4.69, 9.17) is 22.3 Å². The molecule has 0 fully saturated rings. The zero-order chi connectivity index (χ0) is 29.8. The summed E-state index contributed by atoms with van der Waals surface area (Å²) in [5.74, 6) is -5.39. The molecule has 1 aromatic carbocycles. The Balaban J connectivity index is 2.23. The van der Waals surface area contributed by atoms with E-state index in [-0.39, 0.29) is 37.5 Å². The minimum atomic E-state index is -1.41. The van der Waals surface area contributed by atoms with Crippen LogP contribution in [0.3, 0.4) is 0 Å². The van der Waals surface area contributed by atoms with Gasteiger partial charge >= 0.3 is 11.9 Å². The van der Waals surface area contributed by atoms with E-state index in [0.29, 0.717) is 5.56 Å². The van der Waals surface area contributed by atoms with Crippen LogP contribution in [0.25, 0.3) is 10.9 Å². The number of H-pyrrole nitrogens is 1. The first-order valence-electron chi connectivity index (χ1n) is 12.3. The number of fused-ring (bicyclic) bond motifs is 1. The van der Waals surface area contributed by atoms with Gasteiger partial charge in [-0.05, 0) is 24.5 Å². The number of carbonyl (C=O) groups is 5. The first kappa shape index (κ1) is 31.9. The number of thiol groups is 1. The summed E-state index contributed by atoms with van der Waals surface area (Å²) in [5.41, 5.74) is 17.6. The number of hydrogen-bond donors (Lipinski definition) is 10. The Morgan fingerprint density at radius 2 is 1.57 bits per heavy atom. The Hall–Kier alpha value is -4.31. The zero-order valence-corrected chi connectivity index (χ0v) is 22.4. The number of benzene rings is 1. The Bertz CT molecular complexity index is 1250. The Morgan fingerprint density at radius 3 is 2.20 bits per heavy atom. The summed E-state index contributed by atoms with van der Waals surface area (Å²) in [6.07, 6.45) is 1.27. The molecule has 3 amide bonds. The maximum absolute atomic E-state index is 13.3. The van der Waals surface area contributed by atoms with E-state index in [1.54, 1.807) is 12.3 Å². The van der Waals surface area contributed by atoms with E-state index in [9.17, 15) is 29.1 Å². The number of guanidine groups is 1. The van der Waals surface area contributed by atoms with Crippen molar-refractivity contribution in [2.24, 2.45) is 22.2 Å². The Labute approximate surface area is 234 Å². The maximum Gasteiger partial charge on any atom is 0.326 e. The number of nitrogens with one attached hydrogen (secondary N) is 4. The highest BCUT2D eigenvalue weighted by Gasteiger charge is 2.30. The lowest BCUT2D eigenvalue weighted by Gasteiger charge is -2.24. The molecule has 2 rings (SSSR count). The number of aliphatic carboxylic acids is 2. The summed E-state index contributed by atoms with van der Waals surface area (Å²) in [4.78, 5) is 68.2. The molecule has 16 heteroatoms. The molecule has 0 aliphatic heterocycles. The molecule has 0 aliphatic rings. The van der Waals surface area contributed by atoms with Crippen LogP contribution in [-0.4, -0.2) is 87.3 Å².